The van der Waals surface area contributed by atoms with Crippen molar-refractivity contribution in [3.63, 3.8) is 0 Å². The van der Waals surface area contributed by atoms with Gasteiger partial charge in [-0.05, 0) is 31.9 Å². The summed E-state index contributed by atoms with van der Waals surface area (Å²) in [6.45, 7) is 10.7. The van der Waals surface area contributed by atoms with Gasteiger partial charge in [-0.25, -0.2) is 0 Å². The smallest absolute Gasteiger partial charge is 0.124 e. The van der Waals surface area contributed by atoms with Crippen LogP contribution in [0.1, 0.15) is 31.9 Å². The topological polar surface area (TPSA) is 35.2 Å². The third kappa shape index (κ3) is 3.29. The van der Waals surface area contributed by atoms with Gasteiger partial charge in [0, 0.05) is 11.8 Å². The molecule has 0 saturated heterocycles. The van der Waals surface area contributed by atoms with Crippen LogP contribution in [-0.4, -0.2) is 6.61 Å². The SMILES string of the molecule is CC.CCOc1cc(N)c(C)cc1C. The zero-order chi connectivity index (χ0) is 11.1. The molecule has 0 aromatic heterocycles. The molecule has 0 bridgehead atoms. The van der Waals surface area contributed by atoms with Crippen LogP contribution in [0.5, 0.6) is 5.75 Å². The van der Waals surface area contributed by atoms with E-state index in [1.165, 1.54) is 0 Å². The Morgan fingerprint density at radius 1 is 1.14 bits per heavy atom. The number of aryl methyl sites for hydroxylation is 2. The number of ether oxygens (including phenoxy) is 1. The zero-order valence-electron chi connectivity index (χ0n) is 9.85. The molecule has 1 aromatic rings. The minimum atomic E-state index is 0.684. The zero-order valence-corrected chi connectivity index (χ0v) is 9.85. The first-order valence-electron chi connectivity index (χ1n) is 5.14. The summed E-state index contributed by atoms with van der Waals surface area (Å²) >= 11 is 0. The molecule has 0 heterocycles. The van der Waals surface area contributed by atoms with Crippen LogP contribution in [0.4, 0.5) is 5.69 Å². The average molecular weight is 195 g/mol. The van der Waals surface area contributed by atoms with Gasteiger partial charge >= 0.3 is 0 Å². The van der Waals surface area contributed by atoms with Crippen LogP contribution in [-0.2, 0) is 0 Å². The Balaban J connectivity index is 0.000000791. The molecule has 2 heteroatoms. The van der Waals surface area contributed by atoms with Crippen molar-refractivity contribution in [3.8, 4) is 5.75 Å². The fourth-order valence-electron chi connectivity index (χ4n) is 1.16. The van der Waals surface area contributed by atoms with E-state index in [0.717, 1.165) is 22.6 Å². The van der Waals surface area contributed by atoms with Gasteiger partial charge in [-0.3, -0.25) is 0 Å². The van der Waals surface area contributed by atoms with E-state index in [-0.39, 0.29) is 0 Å². The van der Waals surface area contributed by atoms with Crippen LogP contribution in [0.3, 0.4) is 0 Å². The predicted octanol–water partition coefficient (Wildman–Crippen LogP) is 3.31. The lowest BCUT2D eigenvalue weighted by atomic mass is 10.1. The first-order valence-corrected chi connectivity index (χ1v) is 5.14. The number of hydrogen-bond acceptors (Lipinski definition) is 2. The fraction of sp³-hybridized carbons (Fsp3) is 0.500. The van der Waals surface area contributed by atoms with Gasteiger partial charge < -0.3 is 10.5 Å². The summed E-state index contributed by atoms with van der Waals surface area (Å²) < 4.78 is 5.39. The van der Waals surface area contributed by atoms with Gasteiger partial charge in [0.1, 0.15) is 5.75 Å². The van der Waals surface area contributed by atoms with E-state index in [2.05, 4.69) is 0 Å². The number of rotatable bonds is 2. The van der Waals surface area contributed by atoms with Crippen molar-refractivity contribution >= 4 is 5.69 Å². The fourth-order valence-corrected chi connectivity index (χ4v) is 1.16. The molecule has 0 spiro atoms. The number of hydrogen-bond donors (Lipinski definition) is 1. The summed E-state index contributed by atoms with van der Waals surface area (Å²) in [7, 11) is 0. The van der Waals surface area contributed by atoms with Crippen molar-refractivity contribution in [2.75, 3.05) is 12.3 Å². The Bertz CT molecular complexity index is 282. The molecule has 0 unspecified atom stereocenters. The molecule has 0 atom stereocenters. The maximum absolute atomic E-state index is 5.74. The van der Waals surface area contributed by atoms with Gasteiger partial charge in [-0.2, -0.15) is 0 Å². The molecule has 14 heavy (non-hydrogen) atoms. The number of nitrogen functional groups attached to an aromatic ring is 1. The Labute approximate surface area is 87.1 Å². The summed E-state index contributed by atoms with van der Waals surface area (Å²) in [5, 5.41) is 0. The monoisotopic (exact) mass is 195 g/mol. The third-order valence-electron chi connectivity index (χ3n) is 1.86. The van der Waals surface area contributed by atoms with Gasteiger partial charge in [-0.15, -0.1) is 0 Å². The van der Waals surface area contributed by atoms with Crippen LogP contribution < -0.4 is 10.5 Å². The minimum absolute atomic E-state index is 0.684. The Kier molecular flexibility index (Phi) is 5.77. The van der Waals surface area contributed by atoms with Crippen molar-refractivity contribution in [2.45, 2.75) is 34.6 Å². The van der Waals surface area contributed by atoms with Gasteiger partial charge in [0.25, 0.3) is 0 Å². The summed E-state index contributed by atoms with van der Waals surface area (Å²) in [6.07, 6.45) is 0. The summed E-state index contributed by atoms with van der Waals surface area (Å²) in [6, 6.07) is 3.93. The van der Waals surface area contributed by atoms with E-state index in [9.17, 15) is 0 Å². The number of nitrogens with two attached hydrogens (primary N) is 1. The largest absolute Gasteiger partial charge is 0.494 e. The van der Waals surface area contributed by atoms with Crippen LogP contribution in [0.15, 0.2) is 12.1 Å². The lowest BCUT2D eigenvalue weighted by Crippen LogP contribution is -1.97. The highest BCUT2D eigenvalue weighted by Crippen LogP contribution is 2.24. The van der Waals surface area contributed by atoms with Crippen LogP contribution in [0, 0.1) is 13.8 Å². The van der Waals surface area contributed by atoms with Crippen molar-refractivity contribution in [1.82, 2.24) is 0 Å². The molecular formula is C12H21NO. The molecule has 0 fully saturated rings. The van der Waals surface area contributed by atoms with Crippen molar-refractivity contribution in [1.29, 1.82) is 0 Å². The van der Waals surface area contributed by atoms with E-state index in [0.29, 0.717) is 6.61 Å². The maximum atomic E-state index is 5.74. The third-order valence-corrected chi connectivity index (χ3v) is 1.86. The number of benzene rings is 1. The highest BCUT2D eigenvalue weighted by Gasteiger charge is 2.01. The normalized spacial score (nSPS) is 8.93. The maximum Gasteiger partial charge on any atom is 0.124 e. The summed E-state index contributed by atoms with van der Waals surface area (Å²) in [5.74, 6) is 0.889. The van der Waals surface area contributed by atoms with E-state index < -0.39 is 0 Å². The quantitative estimate of drug-likeness (QED) is 0.735. The van der Waals surface area contributed by atoms with Crippen molar-refractivity contribution in [3.05, 3.63) is 23.3 Å². The number of anilines is 1. The van der Waals surface area contributed by atoms with E-state index in [1.807, 2.05) is 46.8 Å². The molecule has 1 aromatic carbocycles. The molecule has 0 amide bonds. The summed E-state index contributed by atoms with van der Waals surface area (Å²) in [5.41, 5.74) is 8.78. The van der Waals surface area contributed by atoms with Crippen molar-refractivity contribution < 1.29 is 4.74 Å². The van der Waals surface area contributed by atoms with Gasteiger partial charge in [0.15, 0.2) is 0 Å². The summed E-state index contributed by atoms with van der Waals surface area (Å²) in [4.78, 5) is 0. The highest BCUT2D eigenvalue weighted by atomic mass is 16.5. The van der Waals surface area contributed by atoms with Crippen LogP contribution in [0.2, 0.25) is 0 Å². The second-order valence-corrected chi connectivity index (χ2v) is 2.91. The highest BCUT2D eigenvalue weighted by molar-refractivity contribution is 5.54. The van der Waals surface area contributed by atoms with Gasteiger partial charge in [-0.1, -0.05) is 19.9 Å². The van der Waals surface area contributed by atoms with E-state index >= 15 is 0 Å². The molecule has 80 valence electrons. The molecule has 0 aliphatic carbocycles. The molecule has 0 saturated carbocycles. The van der Waals surface area contributed by atoms with Gasteiger partial charge in [0.2, 0.25) is 0 Å². The van der Waals surface area contributed by atoms with E-state index in [1.54, 1.807) is 0 Å². The van der Waals surface area contributed by atoms with E-state index in [4.69, 9.17) is 10.5 Å². The molecule has 0 radical (unpaired) electrons. The molecule has 0 aliphatic heterocycles. The standard InChI is InChI=1S/C10H15NO.C2H6/c1-4-12-10-6-9(11)7(2)5-8(10)3;1-2/h5-6H,4,11H2,1-3H3;1-2H3. The Hall–Kier alpha value is -1.18. The molecule has 2 nitrogen and oxygen atoms in total. The van der Waals surface area contributed by atoms with Crippen LogP contribution in [0.25, 0.3) is 0 Å². The molecule has 1 rings (SSSR count). The Morgan fingerprint density at radius 2 is 1.71 bits per heavy atom. The second kappa shape index (κ2) is 6.30. The molecular weight excluding hydrogens is 174 g/mol. The van der Waals surface area contributed by atoms with Crippen molar-refractivity contribution in [2.24, 2.45) is 0 Å². The first-order chi connectivity index (χ1) is 6.65. The lowest BCUT2D eigenvalue weighted by molar-refractivity contribution is 0.338. The Morgan fingerprint density at radius 3 is 2.21 bits per heavy atom. The first kappa shape index (κ1) is 12.8. The molecule has 0 aliphatic rings. The predicted molar refractivity (Wildman–Crippen MR) is 62.8 cm³/mol. The van der Waals surface area contributed by atoms with Crippen LogP contribution >= 0.6 is 0 Å². The second-order valence-electron chi connectivity index (χ2n) is 2.91. The lowest BCUT2D eigenvalue weighted by Gasteiger charge is -2.09. The minimum Gasteiger partial charge on any atom is -0.494 e. The molecule has 2 N–H and O–H groups in total. The average Bonchev–Trinajstić information content (AvgIpc) is 2.18. The van der Waals surface area contributed by atoms with Gasteiger partial charge in [0.05, 0.1) is 6.61 Å².